The predicted octanol–water partition coefficient (Wildman–Crippen LogP) is 3.74. The number of benzene rings is 2. The molecule has 1 amide bonds. The lowest BCUT2D eigenvalue weighted by atomic mass is 10.1. The third kappa shape index (κ3) is 4.91. The number of carbonyl (C=O) groups is 1. The Hall–Kier alpha value is -3.28. The third-order valence-corrected chi connectivity index (χ3v) is 4.52. The Morgan fingerprint density at radius 1 is 1.11 bits per heavy atom. The zero-order valence-electron chi connectivity index (χ0n) is 16.3. The average molecular weight is 380 g/mol. The molecule has 0 radical (unpaired) electrons. The second kappa shape index (κ2) is 9.08. The average Bonchev–Trinajstić information content (AvgIpc) is 3.03. The zero-order chi connectivity index (χ0) is 19.9. The number of aromatic nitrogens is 1. The van der Waals surface area contributed by atoms with Gasteiger partial charge in [0.15, 0.2) is 0 Å². The van der Waals surface area contributed by atoms with Crippen molar-refractivity contribution in [2.45, 2.75) is 33.4 Å². The second-order valence-electron chi connectivity index (χ2n) is 6.50. The Labute approximate surface area is 164 Å². The van der Waals surface area contributed by atoms with E-state index in [-0.39, 0.29) is 5.91 Å². The Morgan fingerprint density at radius 2 is 1.86 bits per heavy atom. The number of nitrogens with zero attached hydrogens (tertiary/aromatic N) is 1. The van der Waals surface area contributed by atoms with E-state index < -0.39 is 0 Å². The van der Waals surface area contributed by atoms with E-state index in [0.717, 1.165) is 39.6 Å². The molecule has 1 aromatic heterocycles. The van der Waals surface area contributed by atoms with Gasteiger partial charge in [0.2, 0.25) is 5.91 Å². The van der Waals surface area contributed by atoms with Crippen molar-refractivity contribution >= 4 is 5.91 Å². The van der Waals surface area contributed by atoms with E-state index in [0.29, 0.717) is 19.6 Å². The van der Waals surface area contributed by atoms with Crippen LogP contribution in [-0.4, -0.2) is 18.2 Å². The van der Waals surface area contributed by atoms with Gasteiger partial charge in [0.1, 0.15) is 23.9 Å². The Balaban J connectivity index is 1.50. The summed E-state index contributed by atoms with van der Waals surface area (Å²) in [7, 11) is 1.62. The summed E-state index contributed by atoms with van der Waals surface area (Å²) in [5.41, 5.74) is 3.66. The van der Waals surface area contributed by atoms with E-state index in [1.165, 1.54) is 0 Å². The Kier molecular flexibility index (Phi) is 6.32. The zero-order valence-corrected chi connectivity index (χ0v) is 16.3. The van der Waals surface area contributed by atoms with Gasteiger partial charge in [-0.05, 0) is 37.6 Å². The second-order valence-corrected chi connectivity index (χ2v) is 6.50. The molecule has 28 heavy (non-hydrogen) atoms. The van der Waals surface area contributed by atoms with Gasteiger partial charge < -0.3 is 19.3 Å². The molecule has 0 aliphatic heterocycles. The van der Waals surface area contributed by atoms with E-state index in [9.17, 15) is 4.79 Å². The summed E-state index contributed by atoms with van der Waals surface area (Å²) in [6.45, 7) is 4.59. The quantitative estimate of drug-likeness (QED) is 0.644. The highest BCUT2D eigenvalue weighted by Gasteiger charge is 2.10. The number of para-hydroxylation sites is 1. The van der Waals surface area contributed by atoms with Crippen molar-refractivity contribution in [3.63, 3.8) is 0 Å². The number of methoxy groups -OCH3 is 1. The van der Waals surface area contributed by atoms with Crippen molar-refractivity contribution in [3.05, 3.63) is 76.7 Å². The number of aryl methyl sites for hydroxylation is 2. The summed E-state index contributed by atoms with van der Waals surface area (Å²) in [4.78, 5) is 12.2. The number of carbonyl (C=O) groups excluding carboxylic acids is 1. The van der Waals surface area contributed by atoms with E-state index in [1.54, 1.807) is 7.11 Å². The molecule has 0 saturated heterocycles. The van der Waals surface area contributed by atoms with Crippen LogP contribution in [0.2, 0.25) is 0 Å². The Morgan fingerprint density at radius 3 is 2.54 bits per heavy atom. The molecular weight excluding hydrogens is 356 g/mol. The maximum Gasteiger partial charge on any atom is 0.224 e. The number of rotatable bonds is 8. The van der Waals surface area contributed by atoms with Gasteiger partial charge in [-0.15, -0.1) is 0 Å². The first-order valence-electron chi connectivity index (χ1n) is 9.09. The van der Waals surface area contributed by atoms with Crippen molar-refractivity contribution in [2.24, 2.45) is 0 Å². The summed E-state index contributed by atoms with van der Waals surface area (Å²) in [5.74, 6) is 2.22. The van der Waals surface area contributed by atoms with Gasteiger partial charge in [0.05, 0.1) is 24.8 Å². The number of ether oxygens (including phenoxy) is 2. The molecule has 0 aliphatic rings. The van der Waals surface area contributed by atoms with Crippen LogP contribution in [0.15, 0.2) is 53.1 Å². The third-order valence-electron chi connectivity index (χ3n) is 4.52. The van der Waals surface area contributed by atoms with E-state index >= 15 is 0 Å². The highest BCUT2D eigenvalue weighted by Crippen LogP contribution is 2.19. The number of hydrogen-bond donors (Lipinski definition) is 1. The van der Waals surface area contributed by atoms with Gasteiger partial charge >= 0.3 is 0 Å². The van der Waals surface area contributed by atoms with E-state index in [4.69, 9.17) is 14.0 Å². The fraction of sp³-hybridized carbons (Fsp3) is 0.273. The van der Waals surface area contributed by atoms with Crippen LogP contribution < -0.4 is 14.8 Å². The lowest BCUT2D eigenvalue weighted by Gasteiger charge is -2.10. The van der Waals surface area contributed by atoms with Crippen LogP contribution in [0.5, 0.6) is 11.5 Å². The van der Waals surface area contributed by atoms with Crippen LogP contribution >= 0.6 is 0 Å². The van der Waals surface area contributed by atoms with Crippen LogP contribution in [0.25, 0.3) is 0 Å². The normalized spacial score (nSPS) is 10.5. The van der Waals surface area contributed by atoms with E-state index in [1.807, 2.05) is 62.4 Å². The topological polar surface area (TPSA) is 73.6 Å². The first-order valence-corrected chi connectivity index (χ1v) is 9.09. The molecule has 6 heteroatoms. The van der Waals surface area contributed by atoms with Gasteiger partial charge in [0, 0.05) is 12.1 Å². The molecule has 3 aromatic rings. The molecule has 146 valence electrons. The molecule has 1 heterocycles. The van der Waals surface area contributed by atoms with E-state index in [2.05, 4.69) is 10.5 Å². The predicted molar refractivity (Wildman–Crippen MR) is 105 cm³/mol. The minimum absolute atomic E-state index is 0.0460. The molecule has 0 unspecified atom stereocenters. The van der Waals surface area contributed by atoms with Crippen molar-refractivity contribution in [2.75, 3.05) is 7.11 Å². The summed E-state index contributed by atoms with van der Waals surface area (Å²) in [5, 5.41) is 6.84. The van der Waals surface area contributed by atoms with Crippen LogP contribution in [0.1, 0.15) is 28.1 Å². The maximum absolute atomic E-state index is 12.2. The summed E-state index contributed by atoms with van der Waals surface area (Å²) < 4.78 is 16.2. The van der Waals surface area contributed by atoms with Gasteiger partial charge in [0.25, 0.3) is 0 Å². The molecule has 0 aliphatic carbocycles. The lowest BCUT2D eigenvalue weighted by Crippen LogP contribution is -2.24. The lowest BCUT2D eigenvalue weighted by molar-refractivity contribution is -0.120. The van der Waals surface area contributed by atoms with Crippen LogP contribution in [0, 0.1) is 13.8 Å². The molecule has 3 rings (SSSR count). The molecule has 2 aromatic carbocycles. The van der Waals surface area contributed by atoms with Gasteiger partial charge in [-0.2, -0.15) is 0 Å². The standard InChI is InChI=1S/C22H24N2O4/c1-15-20(16(2)28-24-15)14-27-19-10-8-17(9-11-19)12-22(25)23-13-18-6-4-5-7-21(18)26-3/h4-11H,12-14H2,1-3H3,(H,23,25). The summed E-state index contributed by atoms with van der Waals surface area (Å²) in [6.07, 6.45) is 0.305. The van der Waals surface area contributed by atoms with Gasteiger partial charge in [-0.25, -0.2) is 0 Å². The van der Waals surface area contributed by atoms with Gasteiger partial charge in [-0.3, -0.25) is 4.79 Å². The molecule has 6 nitrogen and oxygen atoms in total. The fourth-order valence-electron chi connectivity index (χ4n) is 2.86. The monoisotopic (exact) mass is 380 g/mol. The highest BCUT2D eigenvalue weighted by molar-refractivity contribution is 5.78. The van der Waals surface area contributed by atoms with Crippen LogP contribution in [-0.2, 0) is 24.4 Å². The molecule has 0 fully saturated rings. The van der Waals surface area contributed by atoms with Crippen molar-refractivity contribution in [1.82, 2.24) is 10.5 Å². The largest absolute Gasteiger partial charge is 0.496 e. The SMILES string of the molecule is COc1ccccc1CNC(=O)Cc1ccc(OCc2c(C)noc2C)cc1. The minimum Gasteiger partial charge on any atom is -0.496 e. The molecular formula is C22H24N2O4. The maximum atomic E-state index is 12.2. The van der Waals surface area contributed by atoms with Gasteiger partial charge in [-0.1, -0.05) is 35.5 Å². The Bertz CT molecular complexity index is 912. The first-order chi connectivity index (χ1) is 13.6. The summed E-state index contributed by atoms with van der Waals surface area (Å²) in [6, 6.07) is 15.1. The molecule has 0 saturated carbocycles. The number of nitrogens with one attached hydrogen (secondary N) is 1. The van der Waals surface area contributed by atoms with Crippen LogP contribution in [0.4, 0.5) is 0 Å². The first kappa shape index (κ1) is 19.5. The molecule has 0 spiro atoms. The molecule has 0 atom stereocenters. The smallest absolute Gasteiger partial charge is 0.224 e. The van der Waals surface area contributed by atoms with Crippen LogP contribution in [0.3, 0.4) is 0 Å². The molecule has 1 N–H and O–H groups in total. The number of amides is 1. The minimum atomic E-state index is -0.0460. The van der Waals surface area contributed by atoms with Crippen molar-refractivity contribution in [3.8, 4) is 11.5 Å². The molecule has 0 bridgehead atoms. The fourth-order valence-corrected chi connectivity index (χ4v) is 2.86. The highest BCUT2D eigenvalue weighted by atomic mass is 16.5. The van der Waals surface area contributed by atoms with Crippen molar-refractivity contribution in [1.29, 1.82) is 0 Å². The number of hydrogen-bond acceptors (Lipinski definition) is 5. The van der Waals surface area contributed by atoms with Crippen molar-refractivity contribution < 1.29 is 18.8 Å². The summed E-state index contributed by atoms with van der Waals surface area (Å²) >= 11 is 0.